The lowest BCUT2D eigenvalue weighted by atomic mass is 10.0. The van der Waals surface area contributed by atoms with E-state index >= 15 is 0 Å². The van der Waals surface area contributed by atoms with Gasteiger partial charge < -0.3 is 16.0 Å². The molecule has 0 bridgehead atoms. The molecule has 0 saturated carbocycles. The summed E-state index contributed by atoms with van der Waals surface area (Å²) in [5, 5.41) is 3.89. The van der Waals surface area contributed by atoms with Crippen molar-refractivity contribution in [2.24, 2.45) is 0 Å². The van der Waals surface area contributed by atoms with Crippen LogP contribution in [0.5, 0.6) is 0 Å². The van der Waals surface area contributed by atoms with Crippen LogP contribution < -0.4 is 11.1 Å². The fourth-order valence-corrected chi connectivity index (χ4v) is 3.98. The standard InChI is InChI=1S/C28H29N3O2/c29-23-12-8-9-13-25(23)31-28(33)15-7-2-1-6-14-27(32)26-19-22-18-21(16-17-24(22)30-26)20-10-4-3-5-11-20/h3-5,8-13,16-19,30H,1-2,6-7,14-15,29H2,(H,31,33). The van der Waals surface area contributed by atoms with E-state index in [9.17, 15) is 9.59 Å². The van der Waals surface area contributed by atoms with Gasteiger partial charge in [-0.2, -0.15) is 0 Å². The SMILES string of the molecule is Nc1ccccc1NC(=O)CCCCCCC(=O)c1cc2cc(-c3ccccc3)ccc2[nH]1. The summed E-state index contributed by atoms with van der Waals surface area (Å²) >= 11 is 0. The van der Waals surface area contributed by atoms with Crippen molar-refractivity contribution in [1.82, 2.24) is 4.98 Å². The first-order valence-corrected chi connectivity index (χ1v) is 11.5. The number of carbonyl (C=O) groups is 2. The summed E-state index contributed by atoms with van der Waals surface area (Å²) in [4.78, 5) is 28.0. The second-order valence-electron chi connectivity index (χ2n) is 8.32. The predicted molar refractivity (Wildman–Crippen MR) is 135 cm³/mol. The normalized spacial score (nSPS) is 10.9. The van der Waals surface area contributed by atoms with Gasteiger partial charge in [0.25, 0.3) is 0 Å². The molecule has 0 radical (unpaired) electrons. The Hall–Kier alpha value is -3.86. The van der Waals surface area contributed by atoms with Crippen LogP contribution in [0.4, 0.5) is 11.4 Å². The third-order valence-corrected chi connectivity index (χ3v) is 5.82. The van der Waals surface area contributed by atoms with Crippen molar-refractivity contribution in [3.05, 3.63) is 84.6 Å². The minimum Gasteiger partial charge on any atom is -0.397 e. The number of ketones is 1. The number of nitrogens with one attached hydrogen (secondary N) is 2. The third kappa shape index (κ3) is 5.89. The molecule has 1 aromatic heterocycles. The van der Waals surface area contributed by atoms with Gasteiger partial charge in [-0.05, 0) is 54.3 Å². The molecule has 3 aromatic carbocycles. The van der Waals surface area contributed by atoms with Gasteiger partial charge in [0, 0.05) is 23.7 Å². The number of H-pyrrole nitrogens is 1. The lowest BCUT2D eigenvalue weighted by Gasteiger charge is -2.07. The van der Waals surface area contributed by atoms with Gasteiger partial charge in [-0.15, -0.1) is 0 Å². The lowest BCUT2D eigenvalue weighted by molar-refractivity contribution is -0.116. The molecule has 4 N–H and O–H groups in total. The maximum Gasteiger partial charge on any atom is 0.224 e. The number of rotatable bonds is 10. The monoisotopic (exact) mass is 439 g/mol. The minimum atomic E-state index is -0.0306. The number of anilines is 2. The molecule has 4 rings (SSSR count). The summed E-state index contributed by atoms with van der Waals surface area (Å²) < 4.78 is 0. The molecule has 33 heavy (non-hydrogen) atoms. The van der Waals surface area contributed by atoms with Gasteiger partial charge >= 0.3 is 0 Å². The van der Waals surface area contributed by atoms with Crippen LogP contribution in [0.1, 0.15) is 49.0 Å². The fourth-order valence-electron chi connectivity index (χ4n) is 3.98. The zero-order valence-corrected chi connectivity index (χ0v) is 18.6. The van der Waals surface area contributed by atoms with Gasteiger partial charge in [-0.25, -0.2) is 0 Å². The van der Waals surface area contributed by atoms with E-state index in [-0.39, 0.29) is 11.7 Å². The summed E-state index contributed by atoms with van der Waals surface area (Å²) in [6, 6.07) is 25.6. The van der Waals surface area contributed by atoms with Gasteiger partial charge in [0.1, 0.15) is 0 Å². The second-order valence-corrected chi connectivity index (χ2v) is 8.32. The molecule has 168 valence electrons. The highest BCUT2D eigenvalue weighted by Gasteiger charge is 2.11. The van der Waals surface area contributed by atoms with Crippen molar-refractivity contribution in [3.8, 4) is 11.1 Å². The lowest BCUT2D eigenvalue weighted by Crippen LogP contribution is -2.12. The van der Waals surface area contributed by atoms with Crippen LogP contribution in [-0.4, -0.2) is 16.7 Å². The number of carbonyl (C=O) groups excluding carboxylic acids is 2. The van der Waals surface area contributed by atoms with Crippen molar-refractivity contribution < 1.29 is 9.59 Å². The molecule has 0 aliphatic carbocycles. The van der Waals surface area contributed by atoms with Gasteiger partial charge in [-0.1, -0.05) is 61.4 Å². The third-order valence-electron chi connectivity index (χ3n) is 5.82. The number of hydrogen-bond donors (Lipinski definition) is 3. The molecule has 0 fully saturated rings. The maximum absolute atomic E-state index is 12.6. The van der Waals surface area contributed by atoms with Gasteiger partial charge in [-0.3, -0.25) is 9.59 Å². The number of para-hydroxylation sites is 2. The Kier molecular flexibility index (Phi) is 7.20. The van der Waals surface area contributed by atoms with Crippen LogP contribution in [-0.2, 0) is 4.79 Å². The first-order chi connectivity index (χ1) is 16.1. The summed E-state index contributed by atoms with van der Waals surface area (Å²) in [6.45, 7) is 0. The van der Waals surface area contributed by atoms with Crippen molar-refractivity contribution >= 4 is 34.0 Å². The summed E-state index contributed by atoms with van der Waals surface area (Å²) in [6.07, 6.45) is 4.40. The Bertz CT molecular complexity index is 1240. The molecule has 0 spiro atoms. The fraction of sp³-hybridized carbons (Fsp3) is 0.214. The van der Waals surface area contributed by atoms with Crippen molar-refractivity contribution in [1.29, 1.82) is 0 Å². The minimum absolute atomic E-state index is 0.0306. The highest BCUT2D eigenvalue weighted by atomic mass is 16.1. The predicted octanol–water partition coefficient (Wildman–Crippen LogP) is 6.58. The zero-order chi connectivity index (χ0) is 23.0. The first-order valence-electron chi connectivity index (χ1n) is 11.5. The van der Waals surface area contributed by atoms with Crippen LogP contribution in [0.2, 0.25) is 0 Å². The molecule has 0 aliphatic rings. The number of hydrogen-bond acceptors (Lipinski definition) is 3. The van der Waals surface area contributed by atoms with Gasteiger partial charge in [0.05, 0.1) is 17.1 Å². The van der Waals surface area contributed by atoms with Crippen LogP contribution in [0.3, 0.4) is 0 Å². The van der Waals surface area contributed by atoms with E-state index in [1.54, 1.807) is 12.1 Å². The largest absolute Gasteiger partial charge is 0.397 e. The quantitative estimate of drug-likeness (QED) is 0.148. The van der Waals surface area contributed by atoms with Crippen molar-refractivity contribution in [3.63, 3.8) is 0 Å². The van der Waals surface area contributed by atoms with E-state index in [1.165, 1.54) is 0 Å². The van der Waals surface area contributed by atoms with E-state index in [0.29, 0.717) is 29.9 Å². The zero-order valence-electron chi connectivity index (χ0n) is 18.6. The first kappa shape index (κ1) is 22.3. The van der Waals surface area contributed by atoms with E-state index in [0.717, 1.165) is 47.7 Å². The molecule has 1 amide bonds. The topological polar surface area (TPSA) is 88.0 Å². The summed E-state index contributed by atoms with van der Waals surface area (Å²) in [5.41, 5.74) is 11.0. The molecule has 0 atom stereocenters. The van der Waals surface area contributed by atoms with E-state index in [2.05, 4.69) is 34.6 Å². The number of aromatic amines is 1. The molecule has 5 heteroatoms. The average molecular weight is 440 g/mol. The maximum atomic E-state index is 12.6. The number of nitrogens with two attached hydrogens (primary N) is 1. The Labute approximate surface area is 194 Å². The van der Waals surface area contributed by atoms with Crippen molar-refractivity contribution in [2.75, 3.05) is 11.1 Å². The van der Waals surface area contributed by atoms with Gasteiger partial charge in [0.15, 0.2) is 5.78 Å². The number of benzene rings is 3. The summed E-state index contributed by atoms with van der Waals surface area (Å²) in [7, 11) is 0. The molecule has 0 unspecified atom stereocenters. The number of unbranched alkanes of at least 4 members (excludes halogenated alkanes) is 3. The second kappa shape index (κ2) is 10.6. The van der Waals surface area contributed by atoms with Crippen molar-refractivity contribution in [2.45, 2.75) is 38.5 Å². The Morgan fingerprint density at radius 1 is 0.758 bits per heavy atom. The number of nitrogen functional groups attached to an aromatic ring is 1. The Balaban J connectivity index is 1.20. The number of fused-ring (bicyclic) bond motifs is 1. The van der Waals surface area contributed by atoms with E-state index in [1.807, 2.05) is 42.5 Å². The van der Waals surface area contributed by atoms with Gasteiger partial charge in [0.2, 0.25) is 5.91 Å². The van der Waals surface area contributed by atoms with Crippen LogP contribution in [0, 0.1) is 0 Å². The molecule has 0 aliphatic heterocycles. The van der Waals surface area contributed by atoms with Crippen LogP contribution in [0.15, 0.2) is 78.9 Å². The van der Waals surface area contributed by atoms with Crippen LogP contribution >= 0.6 is 0 Å². The highest BCUT2D eigenvalue weighted by molar-refractivity contribution is 6.00. The van der Waals surface area contributed by atoms with Crippen LogP contribution in [0.25, 0.3) is 22.0 Å². The molecule has 1 heterocycles. The van der Waals surface area contributed by atoms with E-state index in [4.69, 9.17) is 5.73 Å². The number of Topliss-reactive ketones (excluding diaryl/α,β-unsaturated/α-hetero) is 1. The smallest absolute Gasteiger partial charge is 0.224 e. The van der Waals surface area contributed by atoms with E-state index < -0.39 is 0 Å². The Morgan fingerprint density at radius 3 is 2.27 bits per heavy atom. The average Bonchev–Trinajstić information content (AvgIpc) is 3.27. The molecule has 5 nitrogen and oxygen atoms in total. The molecular formula is C28H29N3O2. The summed E-state index contributed by atoms with van der Waals surface area (Å²) in [5.74, 6) is 0.0988. The molecule has 4 aromatic rings. The number of aromatic nitrogens is 1. The molecule has 0 saturated heterocycles. The Morgan fingerprint density at radius 2 is 1.48 bits per heavy atom. The number of amides is 1. The highest BCUT2D eigenvalue weighted by Crippen LogP contribution is 2.25. The molecular weight excluding hydrogens is 410 g/mol.